The molecule has 0 saturated carbocycles. The average molecular weight is 283 g/mol. The second-order valence-electron chi connectivity index (χ2n) is 4.31. The molecule has 0 aliphatic carbocycles. The monoisotopic (exact) mass is 283 g/mol. The van der Waals surface area contributed by atoms with Crippen LogP contribution in [-0.2, 0) is 0 Å². The molecule has 7 heteroatoms. The third-order valence-corrected chi connectivity index (χ3v) is 2.99. The van der Waals surface area contributed by atoms with Crippen LogP contribution in [0.25, 0.3) is 0 Å². The van der Waals surface area contributed by atoms with Gasteiger partial charge in [-0.1, -0.05) is 0 Å². The average Bonchev–Trinajstić information content (AvgIpc) is 2.83. The van der Waals surface area contributed by atoms with Crippen molar-refractivity contribution in [2.75, 3.05) is 12.1 Å². The molecule has 1 aliphatic rings. The fourth-order valence-corrected chi connectivity index (χ4v) is 2.00. The van der Waals surface area contributed by atoms with Crippen LogP contribution in [0, 0.1) is 11.3 Å². The molecule has 1 atom stereocenters. The minimum Gasteiger partial charge on any atom is -0.497 e. The van der Waals surface area contributed by atoms with E-state index < -0.39 is 17.9 Å². The number of hydrogen-bond donors (Lipinski definition) is 0. The highest BCUT2D eigenvalue weighted by atomic mass is 19.4. The number of benzene rings is 1. The van der Waals surface area contributed by atoms with Crippen LogP contribution >= 0.6 is 0 Å². The maximum absolute atomic E-state index is 12.7. The number of rotatable bonds is 3. The number of hydrazone groups is 1. The highest BCUT2D eigenvalue weighted by molar-refractivity contribution is 5.93. The first-order valence-corrected chi connectivity index (χ1v) is 5.90. The Morgan fingerprint density at radius 2 is 2.05 bits per heavy atom. The van der Waals surface area contributed by atoms with Crippen LogP contribution in [-0.4, -0.2) is 25.0 Å². The Balaban J connectivity index is 2.29. The summed E-state index contributed by atoms with van der Waals surface area (Å²) in [5, 5.41) is 13.6. The van der Waals surface area contributed by atoms with Gasteiger partial charge in [0, 0.05) is 6.42 Å². The molecule has 1 aliphatic heterocycles. The van der Waals surface area contributed by atoms with Gasteiger partial charge in [-0.05, 0) is 24.3 Å². The highest BCUT2D eigenvalue weighted by Crippen LogP contribution is 2.32. The van der Waals surface area contributed by atoms with Gasteiger partial charge in [-0.3, -0.25) is 5.01 Å². The van der Waals surface area contributed by atoms with E-state index in [4.69, 9.17) is 10.00 Å². The van der Waals surface area contributed by atoms with Crippen molar-refractivity contribution in [3.8, 4) is 11.8 Å². The van der Waals surface area contributed by atoms with Gasteiger partial charge in [-0.15, -0.1) is 0 Å². The largest absolute Gasteiger partial charge is 0.497 e. The number of nitrogens with zero attached hydrogens (tertiary/aromatic N) is 3. The number of alkyl halides is 3. The zero-order valence-corrected chi connectivity index (χ0v) is 10.7. The van der Waals surface area contributed by atoms with Gasteiger partial charge in [0.05, 0.1) is 31.3 Å². The van der Waals surface area contributed by atoms with Crippen molar-refractivity contribution >= 4 is 11.4 Å². The van der Waals surface area contributed by atoms with E-state index in [9.17, 15) is 13.2 Å². The topological polar surface area (TPSA) is 48.6 Å². The summed E-state index contributed by atoms with van der Waals surface area (Å²) in [5.41, 5.74) is -0.348. The van der Waals surface area contributed by atoms with Crippen molar-refractivity contribution < 1.29 is 17.9 Å². The lowest BCUT2D eigenvalue weighted by Gasteiger charge is -2.21. The number of hydrogen-bond acceptors (Lipinski definition) is 4. The molecule has 0 spiro atoms. The van der Waals surface area contributed by atoms with Crippen molar-refractivity contribution in [1.82, 2.24) is 0 Å². The van der Waals surface area contributed by atoms with Gasteiger partial charge in [0.2, 0.25) is 0 Å². The van der Waals surface area contributed by atoms with E-state index in [1.54, 1.807) is 24.3 Å². The summed E-state index contributed by atoms with van der Waals surface area (Å²) in [5.74, 6) is 0.602. The zero-order valence-electron chi connectivity index (χ0n) is 10.7. The van der Waals surface area contributed by atoms with E-state index in [0.29, 0.717) is 11.4 Å². The lowest BCUT2D eigenvalue weighted by atomic mass is 10.1. The number of ether oxygens (including phenoxy) is 1. The minimum absolute atomic E-state index is 0.0187. The summed E-state index contributed by atoms with van der Waals surface area (Å²) >= 11 is 0. The maximum Gasteiger partial charge on any atom is 0.431 e. The normalized spacial score (nSPS) is 18.6. The van der Waals surface area contributed by atoms with Gasteiger partial charge in [0.15, 0.2) is 0 Å². The van der Waals surface area contributed by atoms with Crippen LogP contribution in [0.5, 0.6) is 5.75 Å². The Morgan fingerprint density at radius 1 is 1.40 bits per heavy atom. The molecule has 0 bridgehead atoms. The third-order valence-electron chi connectivity index (χ3n) is 2.99. The molecule has 2 rings (SSSR count). The summed E-state index contributed by atoms with van der Waals surface area (Å²) in [6.07, 6.45) is -4.76. The maximum atomic E-state index is 12.7. The molecule has 0 radical (unpaired) electrons. The fourth-order valence-electron chi connectivity index (χ4n) is 2.00. The second-order valence-corrected chi connectivity index (χ2v) is 4.31. The predicted octanol–water partition coefficient (Wildman–Crippen LogP) is 3.11. The number of nitriles is 1. The molecule has 0 fully saturated rings. The summed E-state index contributed by atoms with van der Waals surface area (Å²) in [6.45, 7) is 0. The van der Waals surface area contributed by atoms with E-state index in [1.165, 1.54) is 12.1 Å². The van der Waals surface area contributed by atoms with E-state index >= 15 is 0 Å². The standard InChI is InChI=1S/C13H12F3N3O/c1-20-11-4-2-9(3-5-11)19-10(6-7-17)8-12(18-19)13(14,15)16/h2-5,10H,6,8H2,1H3. The third kappa shape index (κ3) is 2.85. The van der Waals surface area contributed by atoms with Crippen LogP contribution < -0.4 is 9.75 Å². The van der Waals surface area contributed by atoms with E-state index in [1.807, 2.05) is 6.07 Å². The molecule has 1 heterocycles. The summed E-state index contributed by atoms with van der Waals surface area (Å²) in [7, 11) is 1.50. The van der Waals surface area contributed by atoms with Gasteiger partial charge in [-0.2, -0.15) is 23.5 Å². The first kappa shape index (κ1) is 14.2. The van der Waals surface area contributed by atoms with Crippen LogP contribution in [0.1, 0.15) is 12.8 Å². The van der Waals surface area contributed by atoms with Crippen molar-refractivity contribution in [3.05, 3.63) is 24.3 Å². The van der Waals surface area contributed by atoms with Crippen molar-refractivity contribution in [2.24, 2.45) is 5.10 Å². The SMILES string of the molecule is COc1ccc(N2N=C(C(F)(F)F)CC2CC#N)cc1. The van der Waals surface area contributed by atoms with Gasteiger partial charge in [-0.25, -0.2) is 0 Å². The van der Waals surface area contributed by atoms with Gasteiger partial charge < -0.3 is 4.74 Å². The van der Waals surface area contributed by atoms with E-state index in [0.717, 1.165) is 0 Å². The van der Waals surface area contributed by atoms with Crippen LogP contribution in [0.4, 0.5) is 18.9 Å². The molecular weight excluding hydrogens is 271 g/mol. The molecule has 0 aromatic heterocycles. The Bertz CT molecular complexity index is 545. The molecule has 106 valence electrons. The lowest BCUT2D eigenvalue weighted by molar-refractivity contribution is -0.0600. The molecule has 4 nitrogen and oxygen atoms in total. The molecule has 20 heavy (non-hydrogen) atoms. The quantitative estimate of drug-likeness (QED) is 0.856. The molecule has 0 saturated heterocycles. The van der Waals surface area contributed by atoms with Gasteiger partial charge in [0.1, 0.15) is 11.5 Å². The highest BCUT2D eigenvalue weighted by Gasteiger charge is 2.43. The Hall–Kier alpha value is -2.23. The lowest BCUT2D eigenvalue weighted by Crippen LogP contribution is -2.26. The van der Waals surface area contributed by atoms with Crippen molar-refractivity contribution in [2.45, 2.75) is 25.1 Å². The molecule has 1 unspecified atom stereocenters. The number of halogens is 3. The zero-order chi connectivity index (χ0) is 14.8. The van der Waals surface area contributed by atoms with Crippen LogP contribution in [0.15, 0.2) is 29.4 Å². The van der Waals surface area contributed by atoms with Gasteiger partial charge in [0.25, 0.3) is 0 Å². The first-order valence-electron chi connectivity index (χ1n) is 5.90. The Labute approximate surface area is 114 Å². The second kappa shape index (κ2) is 5.41. The Morgan fingerprint density at radius 3 is 2.55 bits per heavy atom. The molecular formula is C13H12F3N3O. The number of methoxy groups -OCH3 is 1. The fraction of sp³-hybridized carbons (Fsp3) is 0.385. The first-order chi connectivity index (χ1) is 9.45. The van der Waals surface area contributed by atoms with E-state index in [-0.39, 0.29) is 12.8 Å². The minimum atomic E-state index is -4.46. The number of anilines is 1. The van der Waals surface area contributed by atoms with E-state index in [2.05, 4.69) is 5.10 Å². The van der Waals surface area contributed by atoms with Crippen molar-refractivity contribution in [1.29, 1.82) is 5.26 Å². The molecule has 1 aromatic rings. The Kier molecular flexibility index (Phi) is 3.84. The predicted molar refractivity (Wildman–Crippen MR) is 67.6 cm³/mol. The van der Waals surface area contributed by atoms with Gasteiger partial charge >= 0.3 is 6.18 Å². The summed E-state index contributed by atoms with van der Waals surface area (Å²) < 4.78 is 43.2. The van der Waals surface area contributed by atoms with Crippen LogP contribution in [0.3, 0.4) is 0 Å². The molecule has 0 amide bonds. The summed E-state index contributed by atoms with van der Waals surface area (Å²) in [4.78, 5) is 0. The molecule has 0 N–H and O–H groups in total. The smallest absolute Gasteiger partial charge is 0.431 e. The van der Waals surface area contributed by atoms with Crippen molar-refractivity contribution in [3.63, 3.8) is 0 Å². The molecule has 1 aromatic carbocycles. The van der Waals surface area contributed by atoms with Crippen LogP contribution in [0.2, 0.25) is 0 Å². The summed E-state index contributed by atoms with van der Waals surface area (Å²) in [6, 6.07) is 7.82.